The molecule has 6 nitrogen and oxygen atoms in total. The van der Waals surface area contributed by atoms with Crippen LogP contribution in [0.4, 0.5) is 5.69 Å². The van der Waals surface area contributed by atoms with Crippen LogP contribution >= 0.6 is 0 Å². The average molecular weight is 448 g/mol. The second-order valence-electron chi connectivity index (χ2n) is 9.31. The molecule has 0 bridgehead atoms. The highest BCUT2D eigenvalue weighted by Gasteiger charge is 2.27. The van der Waals surface area contributed by atoms with Crippen LogP contribution in [0.1, 0.15) is 56.3 Å². The van der Waals surface area contributed by atoms with Crippen molar-refractivity contribution in [3.8, 4) is 5.75 Å². The van der Waals surface area contributed by atoms with Crippen LogP contribution in [-0.4, -0.2) is 42.7 Å². The van der Waals surface area contributed by atoms with E-state index in [1.807, 2.05) is 25.1 Å². The Morgan fingerprint density at radius 3 is 2.64 bits per heavy atom. The van der Waals surface area contributed by atoms with E-state index in [-0.39, 0.29) is 6.04 Å². The number of methoxy groups -OCH3 is 1. The molecule has 2 aliphatic rings. The summed E-state index contributed by atoms with van der Waals surface area (Å²) in [4.78, 5) is 2.50. The number of hydrogen-bond donors (Lipinski definition) is 3. The first-order valence-corrected chi connectivity index (χ1v) is 11.8. The van der Waals surface area contributed by atoms with Crippen molar-refractivity contribution in [2.75, 3.05) is 32.1 Å². The first-order valence-electron chi connectivity index (χ1n) is 11.8. The van der Waals surface area contributed by atoms with Gasteiger partial charge in [0.2, 0.25) is 0 Å². The molecule has 0 fully saturated rings. The third-order valence-corrected chi connectivity index (χ3v) is 6.75. The molecule has 0 amide bonds. The van der Waals surface area contributed by atoms with Gasteiger partial charge in [0.25, 0.3) is 0 Å². The van der Waals surface area contributed by atoms with Gasteiger partial charge in [-0.1, -0.05) is 24.3 Å². The van der Waals surface area contributed by atoms with Crippen LogP contribution in [0, 0.1) is 0 Å². The normalized spacial score (nSPS) is 20.7. The number of hydrogen-bond acceptors (Lipinski definition) is 6. The summed E-state index contributed by atoms with van der Waals surface area (Å²) in [6.45, 7) is 9.25. The van der Waals surface area contributed by atoms with E-state index in [1.165, 1.54) is 16.7 Å². The maximum absolute atomic E-state index is 6.45. The summed E-state index contributed by atoms with van der Waals surface area (Å²) >= 11 is 0. The minimum Gasteiger partial charge on any atom is -0.497 e. The number of ether oxygens (including phenoxy) is 1. The van der Waals surface area contributed by atoms with Gasteiger partial charge in [0, 0.05) is 48.7 Å². The predicted octanol–water partition coefficient (Wildman–Crippen LogP) is 4.57. The lowest BCUT2D eigenvalue weighted by Crippen LogP contribution is -2.34. The zero-order valence-corrected chi connectivity index (χ0v) is 20.3. The molecule has 4 rings (SSSR count). The molecule has 0 aliphatic carbocycles. The van der Waals surface area contributed by atoms with Gasteiger partial charge in [0.15, 0.2) is 0 Å². The number of nitrogens with two attached hydrogens (primary N) is 2. The van der Waals surface area contributed by atoms with E-state index in [1.54, 1.807) is 12.1 Å². The Labute approximate surface area is 197 Å². The molecule has 2 aliphatic heterocycles. The second kappa shape index (κ2) is 9.89. The van der Waals surface area contributed by atoms with E-state index >= 15 is 0 Å². The molecule has 176 valence electrons. The Hall–Kier alpha value is -2.96. The summed E-state index contributed by atoms with van der Waals surface area (Å²) in [6.07, 6.45) is 4.31. The van der Waals surface area contributed by atoms with Gasteiger partial charge in [-0.3, -0.25) is 4.90 Å². The molecule has 2 heterocycles. The average Bonchev–Trinajstić information content (AvgIpc) is 2.95. The number of anilines is 1. The minimum atomic E-state index is 0.103. The molecule has 0 spiro atoms. The molecule has 0 radical (unpaired) electrons. The summed E-state index contributed by atoms with van der Waals surface area (Å²) in [5, 5.41) is 5.52. The third-order valence-electron chi connectivity index (χ3n) is 6.75. The number of nitrogens with zero attached hydrogens (tertiary/aromatic N) is 2. The van der Waals surface area contributed by atoms with Crippen LogP contribution < -0.4 is 21.6 Å². The Bertz CT molecular complexity index is 1050. The lowest BCUT2D eigenvalue weighted by molar-refractivity contribution is 0.245. The first-order chi connectivity index (χ1) is 15.9. The van der Waals surface area contributed by atoms with Crippen molar-refractivity contribution in [3.05, 3.63) is 70.9 Å². The largest absolute Gasteiger partial charge is 0.497 e. The molecule has 2 aromatic carbocycles. The number of hydrazine groups is 1. The summed E-state index contributed by atoms with van der Waals surface area (Å²) < 4.78 is 5.42. The van der Waals surface area contributed by atoms with E-state index in [0.717, 1.165) is 54.3 Å². The second-order valence-corrected chi connectivity index (χ2v) is 9.31. The van der Waals surface area contributed by atoms with Crippen LogP contribution in [0.15, 0.2) is 54.2 Å². The highest BCUT2D eigenvalue weighted by molar-refractivity contribution is 5.75. The van der Waals surface area contributed by atoms with Crippen molar-refractivity contribution in [2.24, 2.45) is 11.6 Å². The number of rotatable bonds is 5. The van der Waals surface area contributed by atoms with E-state index < -0.39 is 0 Å². The van der Waals surface area contributed by atoms with Crippen LogP contribution in [-0.2, 0) is 0 Å². The Kier molecular flexibility index (Phi) is 6.96. The molecule has 1 atom stereocenters. The fraction of sp³-hybridized carbons (Fsp3) is 0.407. The van der Waals surface area contributed by atoms with Crippen molar-refractivity contribution in [3.63, 3.8) is 0 Å². The predicted molar refractivity (Wildman–Crippen MR) is 137 cm³/mol. The van der Waals surface area contributed by atoms with E-state index in [4.69, 9.17) is 16.3 Å². The summed E-state index contributed by atoms with van der Waals surface area (Å²) in [5.74, 6) is 7.29. The molecule has 0 saturated carbocycles. The zero-order valence-electron chi connectivity index (χ0n) is 20.3. The fourth-order valence-electron chi connectivity index (χ4n) is 4.88. The van der Waals surface area contributed by atoms with Crippen molar-refractivity contribution in [2.45, 2.75) is 45.7 Å². The van der Waals surface area contributed by atoms with Gasteiger partial charge < -0.3 is 20.8 Å². The maximum Gasteiger partial charge on any atom is 0.120 e. The summed E-state index contributed by atoms with van der Waals surface area (Å²) in [7, 11) is 1.69. The SMILES string of the molecule is COc1cccc(NC2CCN(N)/C(=C(/C)N)c3ccc(C4=CCN(C(C)C)CC4)cc32)c1. The number of allylic oxidation sites excluding steroid dienone is 1. The molecule has 1 unspecified atom stereocenters. The van der Waals surface area contributed by atoms with Crippen LogP contribution in [0.25, 0.3) is 11.3 Å². The smallest absolute Gasteiger partial charge is 0.120 e. The zero-order chi connectivity index (χ0) is 23.5. The van der Waals surface area contributed by atoms with Gasteiger partial charge >= 0.3 is 0 Å². The standard InChI is InChI=1S/C27H37N5O/c1-18(2)31-13-10-20(11-14-31)21-8-9-24-25(16-21)26(12-15-32(29)27(24)19(3)28)30-22-6-5-7-23(17-22)33-4/h5-10,16-18,26,30H,11-15,28-29H2,1-4H3/b27-19-. The van der Waals surface area contributed by atoms with Crippen molar-refractivity contribution >= 4 is 17.0 Å². The molecule has 33 heavy (non-hydrogen) atoms. The highest BCUT2D eigenvalue weighted by Crippen LogP contribution is 2.37. The maximum atomic E-state index is 6.45. The lowest BCUT2D eigenvalue weighted by Gasteiger charge is -2.30. The third kappa shape index (κ3) is 5.02. The molecular formula is C27H37N5O. The summed E-state index contributed by atoms with van der Waals surface area (Å²) in [5.41, 5.74) is 14.0. The minimum absolute atomic E-state index is 0.103. The molecule has 0 aromatic heterocycles. The molecular weight excluding hydrogens is 410 g/mol. The summed E-state index contributed by atoms with van der Waals surface area (Å²) in [6, 6.07) is 15.5. The van der Waals surface area contributed by atoms with Gasteiger partial charge in [-0.15, -0.1) is 0 Å². The number of benzene rings is 2. The first kappa shape index (κ1) is 23.2. The Balaban J connectivity index is 1.74. The van der Waals surface area contributed by atoms with E-state index in [9.17, 15) is 0 Å². The Morgan fingerprint density at radius 1 is 1.15 bits per heavy atom. The van der Waals surface area contributed by atoms with Crippen molar-refractivity contribution in [1.82, 2.24) is 9.91 Å². The van der Waals surface area contributed by atoms with Gasteiger partial charge in [0.1, 0.15) is 5.75 Å². The fourth-order valence-corrected chi connectivity index (χ4v) is 4.88. The van der Waals surface area contributed by atoms with Crippen LogP contribution in [0.2, 0.25) is 0 Å². The highest BCUT2D eigenvalue weighted by atomic mass is 16.5. The van der Waals surface area contributed by atoms with E-state index in [2.05, 4.69) is 54.4 Å². The van der Waals surface area contributed by atoms with Gasteiger partial charge in [-0.2, -0.15) is 0 Å². The van der Waals surface area contributed by atoms with Crippen molar-refractivity contribution in [1.29, 1.82) is 0 Å². The Morgan fingerprint density at radius 2 is 1.97 bits per heavy atom. The molecule has 6 heteroatoms. The molecule has 5 N–H and O–H groups in total. The topological polar surface area (TPSA) is 79.8 Å². The number of fused-ring (bicyclic) bond motifs is 1. The van der Waals surface area contributed by atoms with Crippen LogP contribution in [0.5, 0.6) is 5.75 Å². The number of nitrogens with one attached hydrogen (secondary N) is 1. The molecule has 0 saturated heterocycles. The van der Waals surface area contributed by atoms with Gasteiger partial charge in [0.05, 0.1) is 18.8 Å². The van der Waals surface area contributed by atoms with Crippen LogP contribution in [0.3, 0.4) is 0 Å². The quantitative estimate of drug-likeness (QED) is 0.583. The molecule has 2 aromatic rings. The van der Waals surface area contributed by atoms with Gasteiger partial charge in [-0.05, 0) is 68.5 Å². The van der Waals surface area contributed by atoms with Crippen molar-refractivity contribution < 1.29 is 4.74 Å². The van der Waals surface area contributed by atoms with E-state index in [0.29, 0.717) is 12.6 Å². The van der Waals surface area contributed by atoms with Gasteiger partial charge in [-0.25, -0.2) is 5.84 Å². The monoisotopic (exact) mass is 447 g/mol. The lowest BCUT2D eigenvalue weighted by atomic mass is 9.90.